The fourth-order valence-corrected chi connectivity index (χ4v) is 3.22. The largest absolute Gasteiger partial charge is 0.298 e. The third kappa shape index (κ3) is 4.09. The van der Waals surface area contributed by atoms with Gasteiger partial charge in [-0.05, 0) is 30.0 Å². The van der Waals surface area contributed by atoms with Gasteiger partial charge in [-0.1, -0.05) is 56.3 Å². The molecule has 3 aromatic rings. The number of hydrogen-bond acceptors (Lipinski definition) is 3. The average molecular weight is 336 g/mol. The molecular formula is C20H20N2OS. The number of aromatic nitrogens is 1. The fraction of sp³-hybridized carbons (Fsp3) is 0.200. The highest BCUT2D eigenvalue weighted by molar-refractivity contribution is 7.14. The SMILES string of the molecule is CC(C)Cc1ccc(-c2csc(NC(=O)c3ccccc3)n2)cc1. The molecule has 0 spiro atoms. The lowest BCUT2D eigenvalue weighted by molar-refractivity contribution is 0.102. The van der Waals surface area contributed by atoms with E-state index in [4.69, 9.17) is 0 Å². The first-order chi connectivity index (χ1) is 11.6. The number of hydrogen-bond donors (Lipinski definition) is 1. The maximum Gasteiger partial charge on any atom is 0.257 e. The molecule has 1 N–H and O–H groups in total. The molecular weight excluding hydrogens is 316 g/mol. The molecule has 2 aromatic carbocycles. The normalized spacial score (nSPS) is 10.8. The first-order valence-electron chi connectivity index (χ1n) is 8.03. The van der Waals surface area contributed by atoms with Gasteiger partial charge in [-0.2, -0.15) is 0 Å². The van der Waals surface area contributed by atoms with Gasteiger partial charge in [0.05, 0.1) is 5.69 Å². The zero-order chi connectivity index (χ0) is 16.9. The predicted molar refractivity (Wildman–Crippen MR) is 100 cm³/mol. The van der Waals surface area contributed by atoms with E-state index < -0.39 is 0 Å². The highest BCUT2D eigenvalue weighted by Crippen LogP contribution is 2.26. The van der Waals surface area contributed by atoms with Crippen molar-refractivity contribution in [3.05, 3.63) is 71.1 Å². The quantitative estimate of drug-likeness (QED) is 0.690. The van der Waals surface area contributed by atoms with Crippen LogP contribution in [-0.2, 0) is 6.42 Å². The van der Waals surface area contributed by atoms with Crippen LogP contribution in [0.3, 0.4) is 0 Å². The number of carbonyl (C=O) groups is 1. The van der Waals surface area contributed by atoms with Gasteiger partial charge in [-0.3, -0.25) is 10.1 Å². The fourth-order valence-electron chi connectivity index (χ4n) is 2.51. The first kappa shape index (κ1) is 16.4. The molecule has 0 aliphatic heterocycles. The van der Waals surface area contributed by atoms with Crippen molar-refractivity contribution in [1.82, 2.24) is 4.98 Å². The lowest BCUT2D eigenvalue weighted by atomic mass is 10.0. The van der Waals surface area contributed by atoms with Gasteiger partial charge in [0.25, 0.3) is 5.91 Å². The second-order valence-corrected chi connectivity index (χ2v) is 7.01. The molecule has 1 amide bonds. The highest BCUT2D eigenvalue weighted by Gasteiger charge is 2.09. The molecule has 0 unspecified atom stereocenters. The van der Waals surface area contributed by atoms with Crippen LogP contribution in [0.15, 0.2) is 60.0 Å². The van der Waals surface area contributed by atoms with Crippen LogP contribution in [-0.4, -0.2) is 10.9 Å². The molecule has 3 rings (SSSR count). The van der Waals surface area contributed by atoms with E-state index in [2.05, 4.69) is 48.4 Å². The Bertz CT molecular complexity index is 807. The van der Waals surface area contributed by atoms with Crippen molar-refractivity contribution in [2.24, 2.45) is 5.92 Å². The Morgan fingerprint density at radius 3 is 2.46 bits per heavy atom. The molecule has 1 aromatic heterocycles. The van der Waals surface area contributed by atoms with Crippen molar-refractivity contribution in [2.75, 3.05) is 5.32 Å². The maximum absolute atomic E-state index is 12.2. The minimum absolute atomic E-state index is 0.135. The van der Waals surface area contributed by atoms with Crippen molar-refractivity contribution in [3.8, 4) is 11.3 Å². The Labute approximate surface area is 146 Å². The first-order valence-corrected chi connectivity index (χ1v) is 8.91. The van der Waals surface area contributed by atoms with Crippen molar-refractivity contribution < 1.29 is 4.79 Å². The van der Waals surface area contributed by atoms with Crippen LogP contribution in [0.25, 0.3) is 11.3 Å². The van der Waals surface area contributed by atoms with Gasteiger partial charge >= 0.3 is 0 Å². The Balaban J connectivity index is 1.70. The average Bonchev–Trinajstić information content (AvgIpc) is 3.04. The summed E-state index contributed by atoms with van der Waals surface area (Å²) in [6, 6.07) is 17.6. The molecule has 0 bridgehead atoms. The van der Waals surface area contributed by atoms with Crippen LogP contribution in [0.4, 0.5) is 5.13 Å². The molecule has 0 saturated heterocycles. The molecule has 4 heteroatoms. The molecule has 0 aliphatic carbocycles. The minimum Gasteiger partial charge on any atom is -0.298 e. The Morgan fingerprint density at radius 1 is 1.08 bits per heavy atom. The van der Waals surface area contributed by atoms with Gasteiger partial charge in [-0.15, -0.1) is 11.3 Å². The van der Waals surface area contributed by atoms with E-state index in [0.717, 1.165) is 17.7 Å². The lowest BCUT2D eigenvalue weighted by Crippen LogP contribution is -2.11. The van der Waals surface area contributed by atoms with Crippen LogP contribution in [0.2, 0.25) is 0 Å². The number of thiazole rings is 1. The molecule has 0 atom stereocenters. The zero-order valence-corrected chi connectivity index (χ0v) is 14.6. The molecule has 3 nitrogen and oxygen atoms in total. The van der Waals surface area contributed by atoms with E-state index in [-0.39, 0.29) is 5.91 Å². The highest BCUT2D eigenvalue weighted by atomic mass is 32.1. The van der Waals surface area contributed by atoms with Crippen molar-refractivity contribution in [3.63, 3.8) is 0 Å². The van der Waals surface area contributed by atoms with E-state index in [9.17, 15) is 4.79 Å². The third-order valence-electron chi connectivity index (χ3n) is 3.65. The maximum atomic E-state index is 12.2. The molecule has 0 saturated carbocycles. The molecule has 0 aliphatic rings. The lowest BCUT2D eigenvalue weighted by Gasteiger charge is -2.05. The van der Waals surface area contributed by atoms with Gasteiger partial charge in [0.15, 0.2) is 5.13 Å². The predicted octanol–water partition coefficient (Wildman–Crippen LogP) is 5.26. The number of nitrogens with zero attached hydrogens (tertiary/aromatic N) is 1. The van der Waals surface area contributed by atoms with Crippen LogP contribution in [0.5, 0.6) is 0 Å². The number of benzene rings is 2. The monoisotopic (exact) mass is 336 g/mol. The van der Waals surface area contributed by atoms with Crippen LogP contribution in [0, 0.1) is 5.92 Å². The van der Waals surface area contributed by atoms with E-state index in [1.54, 1.807) is 12.1 Å². The second kappa shape index (κ2) is 7.41. The Kier molecular flexibility index (Phi) is 5.06. The summed E-state index contributed by atoms with van der Waals surface area (Å²) in [5.74, 6) is 0.513. The number of carbonyl (C=O) groups excluding carboxylic acids is 1. The topological polar surface area (TPSA) is 42.0 Å². The van der Waals surface area contributed by atoms with Crippen LogP contribution >= 0.6 is 11.3 Å². The molecule has 24 heavy (non-hydrogen) atoms. The van der Waals surface area contributed by atoms with Gasteiger partial charge in [0, 0.05) is 16.5 Å². The van der Waals surface area contributed by atoms with Gasteiger partial charge in [0.1, 0.15) is 0 Å². The minimum atomic E-state index is -0.135. The van der Waals surface area contributed by atoms with Crippen LogP contribution in [0.1, 0.15) is 29.8 Å². The van der Waals surface area contributed by atoms with Crippen LogP contribution < -0.4 is 5.32 Å². The third-order valence-corrected chi connectivity index (χ3v) is 4.41. The number of anilines is 1. The Hall–Kier alpha value is -2.46. The summed E-state index contributed by atoms with van der Waals surface area (Å²) >= 11 is 1.44. The van der Waals surface area contributed by atoms with E-state index >= 15 is 0 Å². The van der Waals surface area contributed by atoms with Crippen molar-refractivity contribution >= 4 is 22.4 Å². The molecule has 1 heterocycles. The van der Waals surface area contributed by atoms with E-state index in [1.807, 2.05) is 23.6 Å². The number of rotatable bonds is 5. The zero-order valence-electron chi connectivity index (χ0n) is 13.8. The van der Waals surface area contributed by atoms with Crippen molar-refractivity contribution in [2.45, 2.75) is 20.3 Å². The van der Waals surface area contributed by atoms with E-state index in [1.165, 1.54) is 16.9 Å². The standard InChI is InChI=1S/C20H20N2OS/c1-14(2)12-15-8-10-16(11-9-15)18-13-24-20(21-18)22-19(23)17-6-4-3-5-7-17/h3-11,13-14H,12H2,1-2H3,(H,21,22,23). The number of nitrogens with one attached hydrogen (secondary N) is 1. The molecule has 0 fully saturated rings. The molecule has 0 radical (unpaired) electrons. The smallest absolute Gasteiger partial charge is 0.257 e. The summed E-state index contributed by atoms with van der Waals surface area (Å²) in [7, 11) is 0. The Morgan fingerprint density at radius 2 is 1.79 bits per heavy atom. The summed E-state index contributed by atoms with van der Waals surface area (Å²) in [5, 5.41) is 5.44. The van der Waals surface area contributed by atoms with Crippen molar-refractivity contribution in [1.29, 1.82) is 0 Å². The molecule has 122 valence electrons. The van der Waals surface area contributed by atoms with Gasteiger partial charge in [-0.25, -0.2) is 4.98 Å². The summed E-state index contributed by atoms with van der Waals surface area (Å²) in [4.78, 5) is 16.7. The van der Waals surface area contributed by atoms with Gasteiger partial charge < -0.3 is 0 Å². The second-order valence-electron chi connectivity index (χ2n) is 6.15. The van der Waals surface area contributed by atoms with Gasteiger partial charge in [0.2, 0.25) is 0 Å². The summed E-state index contributed by atoms with van der Waals surface area (Å²) in [6.45, 7) is 4.44. The van der Waals surface area contributed by atoms with E-state index in [0.29, 0.717) is 16.6 Å². The number of amides is 1. The summed E-state index contributed by atoms with van der Waals surface area (Å²) in [6.07, 6.45) is 1.08. The summed E-state index contributed by atoms with van der Waals surface area (Å²) < 4.78 is 0. The summed E-state index contributed by atoms with van der Waals surface area (Å²) in [5.41, 5.74) is 3.92.